The smallest absolute Gasteiger partial charge is 0.327 e. The van der Waals surface area contributed by atoms with E-state index in [2.05, 4.69) is 17.6 Å². The monoisotopic (exact) mass is 231 g/mol. The van der Waals surface area contributed by atoms with Crippen LogP contribution in [0, 0.1) is 6.92 Å². The van der Waals surface area contributed by atoms with Gasteiger partial charge < -0.3 is 4.74 Å². The first-order valence-corrected chi connectivity index (χ1v) is 5.60. The number of aromatic nitrogens is 1. The number of thiazole rings is 1. The lowest BCUT2D eigenvalue weighted by Crippen LogP contribution is -2.30. The van der Waals surface area contributed by atoms with E-state index in [0.29, 0.717) is 6.42 Å². The van der Waals surface area contributed by atoms with Gasteiger partial charge >= 0.3 is 5.97 Å². The van der Waals surface area contributed by atoms with Crippen LogP contribution in [0.25, 0.3) is 0 Å². The van der Waals surface area contributed by atoms with Crippen molar-refractivity contribution in [3.63, 3.8) is 0 Å². The summed E-state index contributed by atoms with van der Waals surface area (Å²) in [5, 5.41) is 0. The number of nitrogens with zero attached hydrogens (tertiary/aromatic N) is 1. The zero-order chi connectivity index (χ0) is 10.8. The third-order valence-corrected chi connectivity index (χ3v) is 4.12. The highest BCUT2D eigenvalue weighted by molar-refractivity contribution is 7.82. The second-order valence-corrected chi connectivity index (χ2v) is 4.59. The van der Waals surface area contributed by atoms with Crippen molar-refractivity contribution in [2.45, 2.75) is 25.0 Å². The second kappa shape index (κ2) is 4.31. The van der Waals surface area contributed by atoms with E-state index in [1.807, 2.05) is 13.8 Å². The summed E-state index contributed by atoms with van der Waals surface area (Å²) in [5.41, 5.74) is 2.56. The van der Waals surface area contributed by atoms with Crippen molar-refractivity contribution in [3.05, 3.63) is 16.1 Å². The Morgan fingerprint density at radius 1 is 1.79 bits per heavy atom. The van der Waals surface area contributed by atoms with Gasteiger partial charge in [-0.05, 0) is 13.3 Å². The molecule has 0 aliphatic carbocycles. The van der Waals surface area contributed by atoms with Gasteiger partial charge in [-0.2, -0.15) is 12.6 Å². The van der Waals surface area contributed by atoms with Gasteiger partial charge in [0.1, 0.15) is 4.75 Å². The number of thiol groups is 1. The number of carbonyl (C=O) groups is 1. The minimum atomic E-state index is -0.847. The van der Waals surface area contributed by atoms with Crippen LogP contribution in [0.4, 0.5) is 0 Å². The van der Waals surface area contributed by atoms with Crippen molar-refractivity contribution >= 4 is 29.9 Å². The van der Waals surface area contributed by atoms with Crippen molar-refractivity contribution in [1.29, 1.82) is 0 Å². The standard InChI is InChI=1S/C9H13NO2S2/c1-4-9(13,8(11)12-3)7-6(2)10-5-14-7/h5,13H,4H2,1-3H3. The lowest BCUT2D eigenvalue weighted by Gasteiger charge is -2.22. The summed E-state index contributed by atoms with van der Waals surface area (Å²) in [6.07, 6.45) is 0.589. The highest BCUT2D eigenvalue weighted by Gasteiger charge is 2.38. The fourth-order valence-corrected chi connectivity index (χ4v) is 2.64. The number of carbonyl (C=O) groups excluding carboxylic acids is 1. The zero-order valence-electron chi connectivity index (χ0n) is 8.40. The molecule has 5 heteroatoms. The van der Waals surface area contributed by atoms with E-state index in [4.69, 9.17) is 4.74 Å². The van der Waals surface area contributed by atoms with Crippen LogP contribution < -0.4 is 0 Å². The van der Waals surface area contributed by atoms with Crippen molar-refractivity contribution in [3.8, 4) is 0 Å². The number of aryl methyl sites for hydroxylation is 1. The van der Waals surface area contributed by atoms with E-state index in [0.717, 1.165) is 10.6 Å². The highest BCUT2D eigenvalue weighted by Crippen LogP contribution is 2.37. The van der Waals surface area contributed by atoms with E-state index in [1.54, 1.807) is 5.51 Å². The first kappa shape index (κ1) is 11.5. The molecule has 0 aliphatic rings. The predicted octanol–water partition coefficient (Wildman–Crippen LogP) is 2.16. The molecule has 1 rings (SSSR count). The van der Waals surface area contributed by atoms with Crippen LogP contribution in [0.2, 0.25) is 0 Å². The van der Waals surface area contributed by atoms with Crippen molar-refractivity contribution in [2.75, 3.05) is 7.11 Å². The van der Waals surface area contributed by atoms with Crippen LogP contribution >= 0.6 is 24.0 Å². The largest absolute Gasteiger partial charge is 0.468 e. The van der Waals surface area contributed by atoms with Crippen LogP contribution in [0.1, 0.15) is 23.9 Å². The molecule has 78 valence electrons. The lowest BCUT2D eigenvalue weighted by atomic mass is 10.0. The molecule has 0 aromatic carbocycles. The Morgan fingerprint density at radius 3 is 2.79 bits per heavy atom. The molecule has 0 N–H and O–H groups in total. The Labute approximate surface area is 92.9 Å². The Morgan fingerprint density at radius 2 is 2.43 bits per heavy atom. The first-order chi connectivity index (χ1) is 6.56. The normalized spacial score (nSPS) is 14.9. The molecule has 0 saturated heterocycles. The Balaban J connectivity index is 3.14. The molecule has 0 bridgehead atoms. The first-order valence-electron chi connectivity index (χ1n) is 4.27. The third kappa shape index (κ3) is 1.79. The molecule has 1 unspecified atom stereocenters. The summed E-state index contributed by atoms with van der Waals surface area (Å²) in [5.74, 6) is -0.323. The van der Waals surface area contributed by atoms with Crippen molar-refractivity contribution in [2.24, 2.45) is 0 Å². The molecule has 1 aromatic heterocycles. The lowest BCUT2D eigenvalue weighted by molar-refractivity contribution is -0.143. The van der Waals surface area contributed by atoms with E-state index in [9.17, 15) is 4.79 Å². The van der Waals surface area contributed by atoms with Crippen molar-refractivity contribution < 1.29 is 9.53 Å². The summed E-state index contributed by atoms with van der Waals surface area (Å²) >= 11 is 5.85. The van der Waals surface area contributed by atoms with E-state index >= 15 is 0 Å². The van der Waals surface area contributed by atoms with Crippen molar-refractivity contribution in [1.82, 2.24) is 4.98 Å². The van der Waals surface area contributed by atoms with Gasteiger partial charge in [0.25, 0.3) is 0 Å². The van der Waals surface area contributed by atoms with E-state index < -0.39 is 4.75 Å². The van der Waals surface area contributed by atoms with Gasteiger partial charge in [0.15, 0.2) is 0 Å². The zero-order valence-corrected chi connectivity index (χ0v) is 10.1. The number of methoxy groups -OCH3 is 1. The topological polar surface area (TPSA) is 39.2 Å². The van der Waals surface area contributed by atoms with Crippen LogP contribution in [-0.4, -0.2) is 18.1 Å². The van der Waals surface area contributed by atoms with Gasteiger partial charge in [-0.1, -0.05) is 6.92 Å². The fourth-order valence-electron chi connectivity index (χ4n) is 1.27. The fraction of sp³-hybridized carbons (Fsp3) is 0.556. The number of hydrogen-bond acceptors (Lipinski definition) is 5. The molecule has 0 amide bonds. The molecule has 1 atom stereocenters. The average Bonchev–Trinajstić information content (AvgIpc) is 2.62. The molecular formula is C9H13NO2S2. The summed E-state index contributed by atoms with van der Waals surface area (Å²) in [6.45, 7) is 3.78. The van der Waals surface area contributed by atoms with Gasteiger partial charge in [-0.3, -0.25) is 4.79 Å². The second-order valence-electron chi connectivity index (χ2n) is 2.97. The SMILES string of the molecule is CCC(S)(C(=O)OC)c1scnc1C. The van der Waals surface area contributed by atoms with Crippen LogP contribution in [0.3, 0.4) is 0 Å². The maximum Gasteiger partial charge on any atom is 0.327 e. The minimum absolute atomic E-state index is 0.323. The molecule has 0 saturated carbocycles. The Bertz CT molecular complexity index is 337. The van der Waals surface area contributed by atoms with Gasteiger partial charge in [-0.15, -0.1) is 11.3 Å². The van der Waals surface area contributed by atoms with E-state index in [-0.39, 0.29) is 5.97 Å². The maximum atomic E-state index is 11.6. The number of ether oxygens (including phenoxy) is 1. The molecular weight excluding hydrogens is 218 g/mol. The third-order valence-electron chi connectivity index (χ3n) is 2.16. The Hall–Kier alpha value is -0.550. The van der Waals surface area contributed by atoms with Gasteiger partial charge in [0, 0.05) is 0 Å². The minimum Gasteiger partial charge on any atom is -0.468 e. The molecule has 0 radical (unpaired) electrons. The van der Waals surface area contributed by atoms with Crippen LogP contribution in [0.15, 0.2) is 5.51 Å². The Kier molecular flexibility index (Phi) is 3.55. The molecule has 1 aromatic rings. The van der Waals surface area contributed by atoms with Gasteiger partial charge in [0.05, 0.1) is 23.2 Å². The van der Waals surface area contributed by atoms with Crippen LogP contribution in [0.5, 0.6) is 0 Å². The molecule has 0 aliphatic heterocycles. The molecule has 0 spiro atoms. The highest BCUT2D eigenvalue weighted by atomic mass is 32.1. The van der Waals surface area contributed by atoms with Gasteiger partial charge in [-0.25, -0.2) is 4.98 Å². The number of rotatable bonds is 3. The molecule has 0 fully saturated rings. The summed E-state index contributed by atoms with van der Waals surface area (Å²) in [4.78, 5) is 16.6. The van der Waals surface area contributed by atoms with Gasteiger partial charge in [0.2, 0.25) is 0 Å². The average molecular weight is 231 g/mol. The molecule has 1 heterocycles. The molecule has 3 nitrogen and oxygen atoms in total. The van der Waals surface area contributed by atoms with Crippen LogP contribution in [-0.2, 0) is 14.3 Å². The quantitative estimate of drug-likeness (QED) is 0.640. The maximum absolute atomic E-state index is 11.6. The number of hydrogen-bond donors (Lipinski definition) is 1. The van der Waals surface area contributed by atoms with E-state index in [1.165, 1.54) is 18.4 Å². The number of esters is 1. The predicted molar refractivity (Wildman–Crippen MR) is 59.8 cm³/mol. The summed E-state index contributed by atoms with van der Waals surface area (Å²) in [6, 6.07) is 0. The summed E-state index contributed by atoms with van der Waals surface area (Å²) in [7, 11) is 1.37. The summed E-state index contributed by atoms with van der Waals surface area (Å²) < 4.78 is 3.90. The molecule has 14 heavy (non-hydrogen) atoms.